The number of nitrogens with zero attached hydrogens (tertiary/aromatic N) is 5. The van der Waals surface area contributed by atoms with Crippen LogP contribution in [-0.4, -0.2) is 59.0 Å². The van der Waals surface area contributed by atoms with Crippen molar-refractivity contribution in [1.82, 2.24) is 25.2 Å². The molecule has 1 aromatic heterocycles. The van der Waals surface area contributed by atoms with Gasteiger partial charge in [0.2, 0.25) is 11.8 Å². The van der Waals surface area contributed by atoms with Gasteiger partial charge >= 0.3 is 0 Å². The van der Waals surface area contributed by atoms with Crippen molar-refractivity contribution < 1.29 is 14.3 Å². The molecule has 1 fully saturated rings. The van der Waals surface area contributed by atoms with Crippen LogP contribution in [0.1, 0.15) is 49.3 Å². The van der Waals surface area contributed by atoms with E-state index in [0.717, 1.165) is 53.8 Å². The number of nitrogens with one attached hydrogen (secondary N) is 1. The minimum Gasteiger partial charge on any atom is -0.497 e. The Labute approximate surface area is 241 Å². The number of aromatic nitrogens is 3. The number of benzene rings is 3. The molecule has 1 saturated carbocycles. The van der Waals surface area contributed by atoms with Gasteiger partial charge in [0.25, 0.3) is 0 Å². The highest BCUT2D eigenvalue weighted by Crippen LogP contribution is 2.28. The van der Waals surface area contributed by atoms with Gasteiger partial charge in [-0.3, -0.25) is 9.59 Å². The molecule has 214 valence electrons. The third kappa shape index (κ3) is 6.67. The summed E-state index contributed by atoms with van der Waals surface area (Å²) in [6, 6.07) is 22.3. The monoisotopic (exact) mass is 554 g/mol. The Morgan fingerprint density at radius 2 is 1.68 bits per heavy atom. The molecule has 3 aromatic carbocycles. The predicted molar refractivity (Wildman–Crippen MR) is 160 cm³/mol. The molecule has 1 aliphatic carbocycles. The lowest BCUT2D eigenvalue weighted by atomic mass is 9.94. The molecule has 0 bridgehead atoms. The van der Waals surface area contributed by atoms with Gasteiger partial charge in [-0.25, -0.2) is 4.68 Å². The summed E-state index contributed by atoms with van der Waals surface area (Å²) in [5.74, 6) is 0.336. The van der Waals surface area contributed by atoms with Crippen molar-refractivity contribution in [1.29, 1.82) is 0 Å². The van der Waals surface area contributed by atoms with Crippen molar-refractivity contribution in [2.45, 2.75) is 57.3 Å². The summed E-state index contributed by atoms with van der Waals surface area (Å²) in [5, 5.41) is 11.8. The van der Waals surface area contributed by atoms with Crippen molar-refractivity contribution in [2.24, 2.45) is 0 Å². The SMILES string of the molecule is COc1ccc(CN(C(=O)Cn2nnc3ccccc32)[C@@H](C(=O)NC2CCCCC2)c2ccc(N(C)C)cc2)cc1. The highest BCUT2D eigenvalue weighted by atomic mass is 16.5. The third-order valence-corrected chi connectivity index (χ3v) is 7.77. The van der Waals surface area contributed by atoms with Gasteiger partial charge in [-0.1, -0.05) is 60.9 Å². The van der Waals surface area contributed by atoms with Crippen molar-refractivity contribution in [2.75, 3.05) is 26.1 Å². The number of hydrogen-bond donors (Lipinski definition) is 1. The van der Waals surface area contributed by atoms with Crippen molar-refractivity contribution >= 4 is 28.5 Å². The zero-order chi connectivity index (χ0) is 28.8. The highest BCUT2D eigenvalue weighted by molar-refractivity contribution is 5.89. The van der Waals surface area contributed by atoms with Crippen molar-refractivity contribution in [3.63, 3.8) is 0 Å². The molecular formula is C32H38N6O3. The highest BCUT2D eigenvalue weighted by Gasteiger charge is 2.33. The molecule has 9 nitrogen and oxygen atoms in total. The number of carbonyl (C=O) groups is 2. The quantitative estimate of drug-likeness (QED) is 0.305. The first-order valence-corrected chi connectivity index (χ1v) is 14.2. The van der Waals surface area contributed by atoms with Crippen LogP contribution in [0.4, 0.5) is 5.69 Å². The standard InChI is InChI=1S/C32H38N6O3/c1-36(2)26-17-15-24(16-18-26)31(32(40)33-25-9-5-4-6-10-25)37(21-23-13-19-27(41-3)20-14-23)30(39)22-38-29-12-8-7-11-28(29)34-35-38/h7-8,11-20,25,31H,4-6,9-10,21-22H2,1-3H3,(H,33,40)/t31-/m1/s1. The maximum absolute atomic E-state index is 14.2. The van der Waals surface area contributed by atoms with Crippen LogP contribution in [0.3, 0.4) is 0 Å². The molecule has 1 aliphatic rings. The number of para-hydroxylation sites is 1. The molecule has 41 heavy (non-hydrogen) atoms. The zero-order valence-electron chi connectivity index (χ0n) is 24.0. The largest absolute Gasteiger partial charge is 0.497 e. The predicted octanol–water partition coefficient (Wildman–Crippen LogP) is 4.72. The molecular weight excluding hydrogens is 516 g/mol. The van der Waals surface area contributed by atoms with E-state index in [1.54, 1.807) is 16.7 Å². The van der Waals surface area contributed by atoms with Crippen LogP contribution < -0.4 is 15.0 Å². The van der Waals surface area contributed by atoms with E-state index in [2.05, 4.69) is 15.6 Å². The lowest BCUT2D eigenvalue weighted by molar-refractivity contribution is -0.142. The molecule has 4 aromatic rings. The van der Waals surface area contributed by atoms with Crippen LogP contribution in [-0.2, 0) is 22.7 Å². The van der Waals surface area contributed by atoms with Gasteiger partial charge in [0, 0.05) is 32.4 Å². The molecule has 1 atom stereocenters. The Balaban J connectivity index is 1.52. The Morgan fingerprint density at radius 3 is 2.37 bits per heavy atom. The van der Waals surface area contributed by atoms with Crippen molar-refractivity contribution in [3.8, 4) is 5.75 Å². The van der Waals surface area contributed by atoms with Gasteiger partial charge in [-0.15, -0.1) is 5.10 Å². The average molecular weight is 555 g/mol. The van der Waals surface area contributed by atoms with Crippen LogP contribution in [0.25, 0.3) is 11.0 Å². The molecule has 2 amide bonds. The van der Waals surface area contributed by atoms with E-state index in [-0.39, 0.29) is 30.9 Å². The Bertz CT molecular complexity index is 1460. The van der Waals surface area contributed by atoms with Crippen LogP contribution in [0, 0.1) is 0 Å². The van der Waals surface area contributed by atoms with E-state index < -0.39 is 6.04 Å². The second-order valence-corrected chi connectivity index (χ2v) is 10.8. The van der Waals surface area contributed by atoms with E-state index in [9.17, 15) is 9.59 Å². The molecule has 0 spiro atoms. The van der Waals surface area contributed by atoms with Gasteiger partial charge in [-0.05, 0) is 60.4 Å². The van der Waals surface area contributed by atoms with Gasteiger partial charge < -0.3 is 19.9 Å². The van der Waals surface area contributed by atoms with E-state index >= 15 is 0 Å². The van der Waals surface area contributed by atoms with E-state index in [0.29, 0.717) is 5.52 Å². The Hall–Kier alpha value is -4.40. The van der Waals surface area contributed by atoms with Crippen LogP contribution in [0.5, 0.6) is 5.75 Å². The fourth-order valence-corrected chi connectivity index (χ4v) is 5.46. The second-order valence-electron chi connectivity index (χ2n) is 10.8. The number of anilines is 1. The lowest BCUT2D eigenvalue weighted by Crippen LogP contribution is -2.47. The minimum atomic E-state index is -0.822. The topological polar surface area (TPSA) is 92.6 Å². The number of methoxy groups -OCH3 is 1. The third-order valence-electron chi connectivity index (χ3n) is 7.77. The number of ether oxygens (including phenoxy) is 1. The van der Waals surface area contributed by atoms with Gasteiger partial charge in [0.15, 0.2) is 0 Å². The fourth-order valence-electron chi connectivity index (χ4n) is 5.46. The van der Waals surface area contributed by atoms with Crippen LogP contribution in [0.15, 0.2) is 72.8 Å². The molecule has 0 saturated heterocycles. The first-order valence-electron chi connectivity index (χ1n) is 14.2. The molecule has 1 heterocycles. The first-order chi connectivity index (χ1) is 19.9. The van der Waals surface area contributed by atoms with E-state index in [1.807, 2.05) is 91.8 Å². The molecule has 1 N–H and O–H groups in total. The van der Waals surface area contributed by atoms with E-state index in [4.69, 9.17) is 4.74 Å². The van der Waals surface area contributed by atoms with Gasteiger partial charge in [-0.2, -0.15) is 0 Å². The summed E-state index contributed by atoms with van der Waals surface area (Å²) in [4.78, 5) is 32.0. The summed E-state index contributed by atoms with van der Waals surface area (Å²) in [5.41, 5.74) is 4.15. The zero-order valence-corrected chi connectivity index (χ0v) is 24.0. The molecule has 0 radical (unpaired) electrons. The number of carbonyl (C=O) groups excluding carboxylic acids is 2. The average Bonchev–Trinajstić information content (AvgIpc) is 3.40. The molecule has 9 heteroatoms. The smallest absolute Gasteiger partial charge is 0.247 e. The number of rotatable bonds is 10. The summed E-state index contributed by atoms with van der Waals surface area (Å²) < 4.78 is 6.94. The van der Waals surface area contributed by atoms with Gasteiger partial charge in [0.1, 0.15) is 23.9 Å². The first kappa shape index (κ1) is 28.1. The van der Waals surface area contributed by atoms with Crippen LogP contribution >= 0.6 is 0 Å². The molecule has 0 aliphatic heterocycles. The lowest BCUT2D eigenvalue weighted by Gasteiger charge is -2.34. The Morgan fingerprint density at radius 1 is 0.976 bits per heavy atom. The van der Waals surface area contributed by atoms with Crippen LogP contribution in [0.2, 0.25) is 0 Å². The number of amides is 2. The van der Waals surface area contributed by atoms with Crippen molar-refractivity contribution in [3.05, 3.63) is 83.9 Å². The second kappa shape index (κ2) is 12.8. The minimum absolute atomic E-state index is 0.0420. The Kier molecular flexibility index (Phi) is 8.82. The maximum atomic E-state index is 14.2. The fraction of sp³-hybridized carbons (Fsp3) is 0.375. The summed E-state index contributed by atoms with van der Waals surface area (Å²) in [7, 11) is 5.57. The normalized spacial score (nSPS) is 14.4. The number of hydrogen-bond acceptors (Lipinski definition) is 6. The molecule has 5 rings (SSSR count). The number of fused-ring (bicyclic) bond motifs is 1. The maximum Gasteiger partial charge on any atom is 0.247 e. The summed E-state index contributed by atoms with van der Waals surface area (Å²) >= 11 is 0. The summed E-state index contributed by atoms with van der Waals surface area (Å²) in [6.07, 6.45) is 5.29. The van der Waals surface area contributed by atoms with E-state index in [1.165, 1.54) is 6.42 Å². The molecule has 0 unspecified atom stereocenters. The van der Waals surface area contributed by atoms with Gasteiger partial charge in [0.05, 0.1) is 12.6 Å². The summed E-state index contributed by atoms with van der Waals surface area (Å²) in [6.45, 7) is 0.202.